The first-order valence-corrected chi connectivity index (χ1v) is 6.87. The van der Waals surface area contributed by atoms with Crippen LogP contribution in [-0.2, 0) is 9.59 Å². The van der Waals surface area contributed by atoms with Crippen molar-refractivity contribution in [2.45, 2.75) is 40.2 Å². The molecule has 2 N–H and O–H groups in total. The SMILES string of the molecule is CC(=O)NC(CC(C)C)C(=O)O.COc1ccccc1C. The molecule has 0 heterocycles. The largest absolute Gasteiger partial charge is 0.496 e. The average Bonchev–Trinajstić information content (AvgIpc) is 2.38. The zero-order chi connectivity index (χ0) is 16.4. The van der Waals surface area contributed by atoms with E-state index in [-0.39, 0.29) is 11.8 Å². The summed E-state index contributed by atoms with van der Waals surface area (Å²) in [5.41, 5.74) is 1.18. The molecule has 21 heavy (non-hydrogen) atoms. The van der Waals surface area contributed by atoms with Gasteiger partial charge in [-0.05, 0) is 30.9 Å². The number of methoxy groups -OCH3 is 1. The number of aryl methyl sites for hydroxylation is 1. The molecular weight excluding hydrogens is 270 g/mol. The van der Waals surface area contributed by atoms with Crippen molar-refractivity contribution < 1.29 is 19.4 Å². The summed E-state index contributed by atoms with van der Waals surface area (Å²) >= 11 is 0. The quantitative estimate of drug-likeness (QED) is 0.875. The van der Waals surface area contributed by atoms with Crippen LogP contribution in [0.2, 0.25) is 0 Å². The topological polar surface area (TPSA) is 75.6 Å². The number of nitrogens with one attached hydrogen (secondary N) is 1. The number of carboxylic acids is 1. The molecule has 118 valence electrons. The fraction of sp³-hybridized carbons (Fsp3) is 0.500. The highest BCUT2D eigenvalue weighted by molar-refractivity contribution is 5.81. The van der Waals surface area contributed by atoms with E-state index in [0.717, 1.165) is 5.75 Å². The number of para-hydroxylation sites is 1. The number of benzene rings is 1. The summed E-state index contributed by atoms with van der Waals surface area (Å²) in [5, 5.41) is 11.0. The number of carbonyl (C=O) groups excluding carboxylic acids is 1. The number of amides is 1. The fourth-order valence-electron chi connectivity index (χ4n) is 1.72. The Hall–Kier alpha value is -2.04. The predicted octanol–water partition coefficient (Wildman–Crippen LogP) is 2.63. The maximum absolute atomic E-state index is 10.6. The van der Waals surface area contributed by atoms with Gasteiger partial charge in [-0.1, -0.05) is 32.0 Å². The first kappa shape index (κ1) is 19.0. The highest BCUT2D eigenvalue weighted by Crippen LogP contribution is 2.14. The Morgan fingerprint density at radius 2 is 1.86 bits per heavy atom. The second-order valence-corrected chi connectivity index (χ2v) is 5.19. The van der Waals surface area contributed by atoms with Gasteiger partial charge < -0.3 is 15.2 Å². The van der Waals surface area contributed by atoms with Crippen LogP contribution >= 0.6 is 0 Å². The predicted molar refractivity (Wildman–Crippen MR) is 82.4 cm³/mol. The summed E-state index contributed by atoms with van der Waals surface area (Å²) in [6.45, 7) is 7.17. The molecule has 5 heteroatoms. The number of rotatable bonds is 5. The van der Waals surface area contributed by atoms with Gasteiger partial charge in [-0.25, -0.2) is 4.79 Å². The van der Waals surface area contributed by atoms with Gasteiger partial charge in [0.1, 0.15) is 11.8 Å². The van der Waals surface area contributed by atoms with Crippen LogP contribution in [0.25, 0.3) is 0 Å². The second kappa shape index (κ2) is 9.80. The molecule has 0 aliphatic rings. The lowest BCUT2D eigenvalue weighted by Crippen LogP contribution is -2.40. The Kier molecular flexibility index (Phi) is 8.85. The van der Waals surface area contributed by atoms with Crippen LogP contribution in [-0.4, -0.2) is 30.1 Å². The smallest absolute Gasteiger partial charge is 0.326 e. The number of carboxylic acid groups (broad SMARTS) is 1. The standard InChI is InChI=1S/C8H15NO3.C8H10O/c1-5(2)4-7(8(11)12)9-6(3)10;1-7-5-3-4-6-8(7)9-2/h5,7H,4H2,1-3H3,(H,9,10)(H,11,12);3-6H,1-2H3. The number of hydrogen-bond donors (Lipinski definition) is 2. The first-order valence-electron chi connectivity index (χ1n) is 6.87. The van der Waals surface area contributed by atoms with Gasteiger partial charge in [-0.3, -0.25) is 4.79 Å². The molecule has 0 saturated carbocycles. The first-order chi connectivity index (χ1) is 9.77. The maximum atomic E-state index is 10.6. The van der Waals surface area contributed by atoms with Crippen LogP contribution in [0, 0.1) is 12.8 Å². The second-order valence-electron chi connectivity index (χ2n) is 5.19. The molecule has 1 amide bonds. The minimum atomic E-state index is -0.973. The molecule has 0 radical (unpaired) electrons. The average molecular weight is 295 g/mol. The third kappa shape index (κ3) is 8.68. The molecule has 0 bridgehead atoms. The number of hydrogen-bond acceptors (Lipinski definition) is 3. The normalized spacial score (nSPS) is 11.1. The number of aliphatic carboxylic acids is 1. The summed E-state index contributed by atoms with van der Waals surface area (Å²) < 4.78 is 5.04. The van der Waals surface area contributed by atoms with E-state index in [1.807, 2.05) is 45.0 Å². The zero-order valence-corrected chi connectivity index (χ0v) is 13.3. The van der Waals surface area contributed by atoms with Crippen LogP contribution in [0.15, 0.2) is 24.3 Å². The Morgan fingerprint density at radius 3 is 2.19 bits per heavy atom. The van der Waals surface area contributed by atoms with Gasteiger partial charge in [0.05, 0.1) is 7.11 Å². The van der Waals surface area contributed by atoms with Gasteiger partial charge in [0.15, 0.2) is 0 Å². The van der Waals surface area contributed by atoms with Gasteiger partial charge in [0, 0.05) is 6.92 Å². The third-order valence-corrected chi connectivity index (χ3v) is 2.70. The molecule has 1 rings (SSSR count). The lowest BCUT2D eigenvalue weighted by atomic mass is 10.0. The van der Waals surface area contributed by atoms with Gasteiger partial charge in [-0.2, -0.15) is 0 Å². The van der Waals surface area contributed by atoms with E-state index >= 15 is 0 Å². The van der Waals surface area contributed by atoms with Crippen molar-refractivity contribution in [2.75, 3.05) is 7.11 Å². The van der Waals surface area contributed by atoms with Crippen molar-refractivity contribution >= 4 is 11.9 Å². The third-order valence-electron chi connectivity index (χ3n) is 2.70. The molecule has 1 aromatic carbocycles. The van der Waals surface area contributed by atoms with Crippen molar-refractivity contribution in [3.8, 4) is 5.75 Å². The maximum Gasteiger partial charge on any atom is 0.326 e. The Morgan fingerprint density at radius 1 is 1.29 bits per heavy atom. The van der Waals surface area contributed by atoms with Crippen molar-refractivity contribution in [1.82, 2.24) is 5.32 Å². The number of ether oxygens (including phenoxy) is 1. The Labute approximate surface area is 126 Å². The minimum absolute atomic E-state index is 0.262. The summed E-state index contributed by atoms with van der Waals surface area (Å²) in [6, 6.07) is 7.19. The van der Waals surface area contributed by atoms with E-state index in [1.165, 1.54) is 12.5 Å². The molecule has 0 spiro atoms. The summed E-state index contributed by atoms with van der Waals surface area (Å²) in [4.78, 5) is 21.1. The van der Waals surface area contributed by atoms with Crippen LogP contribution in [0.1, 0.15) is 32.8 Å². The van der Waals surface area contributed by atoms with Crippen LogP contribution < -0.4 is 10.1 Å². The summed E-state index contributed by atoms with van der Waals surface area (Å²) in [6.07, 6.45) is 0.467. The van der Waals surface area contributed by atoms with Crippen LogP contribution in [0.3, 0.4) is 0 Å². The van der Waals surface area contributed by atoms with E-state index in [2.05, 4.69) is 5.32 Å². The van der Waals surface area contributed by atoms with E-state index < -0.39 is 12.0 Å². The van der Waals surface area contributed by atoms with E-state index in [0.29, 0.717) is 6.42 Å². The van der Waals surface area contributed by atoms with Gasteiger partial charge in [0.2, 0.25) is 5.91 Å². The highest BCUT2D eigenvalue weighted by atomic mass is 16.5. The molecule has 0 aliphatic carbocycles. The van der Waals surface area contributed by atoms with Crippen molar-refractivity contribution in [1.29, 1.82) is 0 Å². The highest BCUT2D eigenvalue weighted by Gasteiger charge is 2.18. The molecule has 0 aliphatic heterocycles. The van der Waals surface area contributed by atoms with E-state index in [9.17, 15) is 9.59 Å². The van der Waals surface area contributed by atoms with Crippen molar-refractivity contribution in [3.63, 3.8) is 0 Å². The number of carbonyl (C=O) groups is 2. The van der Waals surface area contributed by atoms with Crippen LogP contribution in [0.5, 0.6) is 5.75 Å². The summed E-state index contributed by atoms with van der Waals surface area (Å²) in [7, 11) is 1.68. The van der Waals surface area contributed by atoms with Gasteiger partial charge in [0.25, 0.3) is 0 Å². The van der Waals surface area contributed by atoms with E-state index in [4.69, 9.17) is 9.84 Å². The molecule has 0 saturated heterocycles. The molecule has 0 aromatic heterocycles. The monoisotopic (exact) mass is 295 g/mol. The fourth-order valence-corrected chi connectivity index (χ4v) is 1.72. The Balaban J connectivity index is 0.000000394. The zero-order valence-electron chi connectivity index (χ0n) is 13.3. The minimum Gasteiger partial charge on any atom is -0.496 e. The molecular formula is C16H25NO4. The molecule has 1 atom stereocenters. The van der Waals surface area contributed by atoms with Crippen LogP contribution in [0.4, 0.5) is 0 Å². The van der Waals surface area contributed by atoms with Gasteiger partial charge in [-0.15, -0.1) is 0 Å². The van der Waals surface area contributed by atoms with Crippen molar-refractivity contribution in [2.24, 2.45) is 5.92 Å². The van der Waals surface area contributed by atoms with Crippen molar-refractivity contribution in [3.05, 3.63) is 29.8 Å². The lowest BCUT2D eigenvalue weighted by Gasteiger charge is -2.14. The molecule has 1 aromatic rings. The Bertz CT molecular complexity index is 457. The molecule has 1 unspecified atom stereocenters. The van der Waals surface area contributed by atoms with E-state index in [1.54, 1.807) is 7.11 Å². The van der Waals surface area contributed by atoms with Gasteiger partial charge >= 0.3 is 5.97 Å². The molecule has 5 nitrogen and oxygen atoms in total. The lowest BCUT2D eigenvalue weighted by molar-refractivity contribution is -0.142. The molecule has 0 fully saturated rings. The summed E-state index contributed by atoms with van der Waals surface area (Å²) in [5.74, 6) is -0.0580.